The van der Waals surface area contributed by atoms with Crippen LogP contribution >= 0.6 is 15.9 Å². The highest BCUT2D eigenvalue weighted by atomic mass is 79.9. The molecule has 3 atom stereocenters. The number of aromatic hydroxyl groups is 1. The highest BCUT2D eigenvalue weighted by molar-refractivity contribution is 9.10. The van der Waals surface area contributed by atoms with E-state index in [-0.39, 0.29) is 34.8 Å². The van der Waals surface area contributed by atoms with E-state index in [0.717, 1.165) is 4.47 Å². The van der Waals surface area contributed by atoms with Crippen molar-refractivity contribution in [1.82, 2.24) is 5.32 Å². The van der Waals surface area contributed by atoms with E-state index in [4.69, 9.17) is 14.2 Å². The molecule has 1 aliphatic heterocycles. The molecule has 0 saturated carbocycles. The Kier molecular flexibility index (Phi) is 8.33. The van der Waals surface area contributed by atoms with Gasteiger partial charge in [-0.25, -0.2) is 0 Å². The molecule has 0 radical (unpaired) electrons. The van der Waals surface area contributed by atoms with Gasteiger partial charge in [-0.3, -0.25) is 14.4 Å². The molecular weight excluding hydrogens is 506 g/mol. The second kappa shape index (κ2) is 11.0. The SMILES string of the molecule is COc1cc(OC)c(C2CCNC2C(C)OC(C)=O)c(O)c1C(=O)CC(=O)c1cccc(Br)c1. The van der Waals surface area contributed by atoms with E-state index in [1.807, 2.05) is 0 Å². The van der Waals surface area contributed by atoms with E-state index in [2.05, 4.69) is 21.2 Å². The number of carbonyl (C=O) groups is 3. The molecule has 2 aromatic carbocycles. The van der Waals surface area contributed by atoms with E-state index in [1.54, 1.807) is 31.2 Å². The lowest BCUT2D eigenvalue weighted by Gasteiger charge is -2.28. The number of hydrogen-bond donors (Lipinski definition) is 2. The van der Waals surface area contributed by atoms with Gasteiger partial charge < -0.3 is 24.6 Å². The first-order valence-electron chi connectivity index (χ1n) is 10.9. The molecule has 1 heterocycles. The molecule has 2 N–H and O–H groups in total. The monoisotopic (exact) mass is 533 g/mol. The van der Waals surface area contributed by atoms with Gasteiger partial charge in [-0.1, -0.05) is 28.1 Å². The maximum Gasteiger partial charge on any atom is 0.302 e. The number of phenols is 1. The second-order valence-electron chi connectivity index (χ2n) is 8.14. The lowest BCUT2D eigenvalue weighted by atomic mass is 9.85. The van der Waals surface area contributed by atoms with Gasteiger partial charge in [-0.2, -0.15) is 0 Å². The van der Waals surface area contributed by atoms with E-state index < -0.39 is 24.3 Å². The normalized spacial score (nSPS) is 18.3. The van der Waals surface area contributed by atoms with Crippen LogP contribution in [0.2, 0.25) is 0 Å². The zero-order chi connectivity index (χ0) is 25.0. The quantitative estimate of drug-likeness (QED) is 0.282. The number of phenolic OH excluding ortho intramolecular Hbond substituents is 1. The fourth-order valence-electron chi connectivity index (χ4n) is 4.47. The summed E-state index contributed by atoms with van der Waals surface area (Å²) in [6.45, 7) is 3.73. The molecule has 1 saturated heterocycles. The predicted octanol–water partition coefficient (Wildman–Crippen LogP) is 4.02. The van der Waals surface area contributed by atoms with Crippen LogP contribution < -0.4 is 14.8 Å². The van der Waals surface area contributed by atoms with Crippen LogP contribution in [0.3, 0.4) is 0 Å². The Morgan fingerprint density at radius 1 is 1.15 bits per heavy atom. The average Bonchev–Trinajstić information content (AvgIpc) is 3.27. The largest absolute Gasteiger partial charge is 0.507 e. The van der Waals surface area contributed by atoms with Gasteiger partial charge in [-0.05, 0) is 32.0 Å². The first-order chi connectivity index (χ1) is 16.2. The number of benzene rings is 2. The number of carbonyl (C=O) groups excluding carboxylic acids is 3. The number of ketones is 2. The minimum Gasteiger partial charge on any atom is -0.507 e. The fourth-order valence-corrected chi connectivity index (χ4v) is 4.87. The third-order valence-corrected chi connectivity index (χ3v) is 6.44. The summed E-state index contributed by atoms with van der Waals surface area (Å²) >= 11 is 3.32. The molecule has 0 aliphatic carbocycles. The fraction of sp³-hybridized carbons (Fsp3) is 0.400. The van der Waals surface area contributed by atoms with Gasteiger partial charge in [0.15, 0.2) is 11.6 Å². The number of rotatable bonds is 9. The molecule has 3 unspecified atom stereocenters. The maximum absolute atomic E-state index is 13.2. The van der Waals surface area contributed by atoms with Crippen LogP contribution in [0.4, 0.5) is 0 Å². The Balaban J connectivity index is 2.01. The van der Waals surface area contributed by atoms with Gasteiger partial charge in [0.25, 0.3) is 0 Å². The van der Waals surface area contributed by atoms with E-state index in [1.165, 1.54) is 27.2 Å². The Labute approximate surface area is 206 Å². The van der Waals surface area contributed by atoms with Crippen LogP contribution in [0.25, 0.3) is 0 Å². The van der Waals surface area contributed by atoms with Crippen molar-refractivity contribution in [2.45, 2.75) is 44.8 Å². The van der Waals surface area contributed by atoms with E-state index in [9.17, 15) is 19.5 Å². The van der Waals surface area contributed by atoms with Crippen LogP contribution in [-0.2, 0) is 9.53 Å². The minimum absolute atomic E-state index is 0.0764. The summed E-state index contributed by atoms with van der Waals surface area (Å²) in [5.41, 5.74) is 0.716. The molecule has 9 heteroatoms. The number of hydrogen-bond acceptors (Lipinski definition) is 8. The molecule has 1 fully saturated rings. The van der Waals surface area contributed by atoms with Gasteiger partial charge in [0.05, 0.1) is 26.7 Å². The summed E-state index contributed by atoms with van der Waals surface area (Å²) in [6, 6.07) is 8.00. The molecule has 182 valence electrons. The predicted molar refractivity (Wildman–Crippen MR) is 129 cm³/mol. The third kappa shape index (κ3) is 5.42. The highest BCUT2D eigenvalue weighted by Gasteiger charge is 2.39. The smallest absolute Gasteiger partial charge is 0.302 e. The molecule has 34 heavy (non-hydrogen) atoms. The van der Waals surface area contributed by atoms with Crippen molar-refractivity contribution in [1.29, 1.82) is 0 Å². The van der Waals surface area contributed by atoms with Crippen molar-refractivity contribution in [2.75, 3.05) is 20.8 Å². The van der Waals surface area contributed by atoms with Gasteiger partial charge in [0, 0.05) is 34.5 Å². The summed E-state index contributed by atoms with van der Waals surface area (Å²) in [6.07, 6.45) is -0.298. The lowest BCUT2D eigenvalue weighted by molar-refractivity contribution is -0.146. The van der Waals surface area contributed by atoms with Crippen molar-refractivity contribution in [3.05, 3.63) is 51.5 Å². The van der Waals surface area contributed by atoms with Crippen molar-refractivity contribution < 1.29 is 33.7 Å². The van der Waals surface area contributed by atoms with Gasteiger partial charge in [0.1, 0.15) is 28.9 Å². The number of ether oxygens (including phenoxy) is 3. The number of methoxy groups -OCH3 is 2. The Morgan fingerprint density at radius 3 is 2.47 bits per heavy atom. The first-order valence-corrected chi connectivity index (χ1v) is 11.7. The van der Waals surface area contributed by atoms with Crippen molar-refractivity contribution in [2.24, 2.45) is 0 Å². The molecule has 0 aromatic heterocycles. The highest BCUT2D eigenvalue weighted by Crippen LogP contribution is 2.47. The van der Waals surface area contributed by atoms with Crippen LogP contribution in [-0.4, -0.2) is 55.6 Å². The zero-order valence-electron chi connectivity index (χ0n) is 19.5. The molecule has 0 amide bonds. The molecule has 0 spiro atoms. The number of halogens is 1. The molecule has 0 bridgehead atoms. The van der Waals surface area contributed by atoms with Gasteiger partial charge in [0.2, 0.25) is 0 Å². The van der Waals surface area contributed by atoms with Crippen LogP contribution in [0, 0.1) is 0 Å². The maximum atomic E-state index is 13.2. The lowest BCUT2D eigenvalue weighted by Crippen LogP contribution is -2.39. The van der Waals surface area contributed by atoms with Gasteiger partial charge in [-0.15, -0.1) is 0 Å². The second-order valence-corrected chi connectivity index (χ2v) is 9.06. The van der Waals surface area contributed by atoms with Crippen molar-refractivity contribution in [3.63, 3.8) is 0 Å². The zero-order valence-corrected chi connectivity index (χ0v) is 21.1. The molecule has 2 aromatic rings. The summed E-state index contributed by atoms with van der Waals surface area (Å²) in [5, 5.41) is 14.6. The minimum atomic E-state index is -0.571. The third-order valence-electron chi connectivity index (χ3n) is 5.95. The molecular formula is C25H28BrNO7. The van der Waals surface area contributed by atoms with E-state index in [0.29, 0.717) is 29.8 Å². The van der Waals surface area contributed by atoms with Crippen LogP contribution in [0.15, 0.2) is 34.8 Å². The average molecular weight is 534 g/mol. The number of nitrogens with one attached hydrogen (secondary N) is 1. The summed E-state index contributed by atoms with van der Waals surface area (Å²) < 4.78 is 17.0. The topological polar surface area (TPSA) is 111 Å². The van der Waals surface area contributed by atoms with E-state index >= 15 is 0 Å². The molecule has 3 rings (SSSR count). The standard InChI is InChI=1S/C25H28BrNO7/c1-13(34-14(2)28)24-17(8-9-27-24)22-20(32-3)12-21(33-4)23(25(22)31)19(30)11-18(29)15-6-5-7-16(26)10-15/h5-7,10,12-13,17,24,27,31H,8-9,11H2,1-4H3. The first kappa shape index (κ1) is 25.7. The molecule has 1 aliphatic rings. The van der Waals surface area contributed by atoms with Crippen LogP contribution in [0.1, 0.15) is 58.9 Å². The summed E-state index contributed by atoms with van der Waals surface area (Å²) in [4.78, 5) is 37.5. The number of esters is 1. The summed E-state index contributed by atoms with van der Waals surface area (Å²) in [5.74, 6) is -1.50. The Morgan fingerprint density at radius 2 is 1.85 bits per heavy atom. The number of Topliss-reactive ketones (excluding diaryl/α,β-unsaturated/α-hetero) is 2. The van der Waals surface area contributed by atoms with Crippen LogP contribution in [0.5, 0.6) is 17.2 Å². The van der Waals surface area contributed by atoms with Crippen molar-refractivity contribution >= 4 is 33.5 Å². The Bertz CT molecular complexity index is 1100. The Hall–Kier alpha value is -2.91. The van der Waals surface area contributed by atoms with Crippen molar-refractivity contribution in [3.8, 4) is 17.2 Å². The summed E-state index contributed by atoms with van der Waals surface area (Å²) in [7, 11) is 2.84. The molecule has 8 nitrogen and oxygen atoms in total. The van der Waals surface area contributed by atoms with Gasteiger partial charge >= 0.3 is 5.97 Å².